The van der Waals surface area contributed by atoms with E-state index in [-0.39, 0.29) is 40.3 Å². The molecule has 4 rings (SSSR count). The number of ether oxygens (including phenoxy) is 3. The van der Waals surface area contributed by atoms with Crippen LogP contribution in [0.5, 0.6) is 11.8 Å². The minimum atomic E-state index is -4.16. The van der Waals surface area contributed by atoms with E-state index in [1.54, 1.807) is 5.38 Å². The zero-order valence-electron chi connectivity index (χ0n) is 19.9. The van der Waals surface area contributed by atoms with E-state index in [0.717, 1.165) is 5.56 Å². The number of hydrogen-bond acceptors (Lipinski definition) is 10. The molecule has 0 atom stereocenters. The Kier molecular flexibility index (Phi) is 8.28. The van der Waals surface area contributed by atoms with Gasteiger partial charge in [0.05, 0.1) is 31.3 Å². The number of anilines is 2. The van der Waals surface area contributed by atoms with Crippen LogP contribution < -0.4 is 19.5 Å². The Morgan fingerprint density at radius 2 is 1.84 bits per heavy atom. The van der Waals surface area contributed by atoms with Crippen molar-refractivity contribution in [2.24, 2.45) is 0 Å². The van der Waals surface area contributed by atoms with Gasteiger partial charge in [0.1, 0.15) is 17.3 Å². The van der Waals surface area contributed by atoms with Crippen LogP contribution in [0.4, 0.5) is 11.4 Å². The summed E-state index contributed by atoms with van der Waals surface area (Å²) in [5.41, 5.74) is 1.45. The summed E-state index contributed by atoms with van der Waals surface area (Å²) in [7, 11) is -1.32. The van der Waals surface area contributed by atoms with Gasteiger partial charge in [0.15, 0.2) is 4.90 Å². The summed E-state index contributed by atoms with van der Waals surface area (Å²) in [6.45, 7) is 0.610. The lowest BCUT2D eigenvalue weighted by atomic mass is 10.2. The third-order valence-corrected chi connectivity index (χ3v) is 7.11. The SMILES string of the molecule is COCCOc1cc(NS(=O)(=O)c2cc(NC(=O)c3csc(-c4ccccc4)n3)cnc2OC)ccn1. The molecule has 0 spiro atoms. The van der Waals surface area contributed by atoms with Gasteiger partial charge in [-0.2, -0.15) is 0 Å². The predicted octanol–water partition coefficient (Wildman–Crippen LogP) is 3.69. The van der Waals surface area contributed by atoms with Crippen molar-refractivity contribution in [2.75, 3.05) is 37.5 Å². The van der Waals surface area contributed by atoms with Crippen LogP contribution in [0.25, 0.3) is 10.6 Å². The second kappa shape index (κ2) is 11.8. The van der Waals surface area contributed by atoms with Crippen molar-refractivity contribution >= 4 is 38.6 Å². The van der Waals surface area contributed by atoms with E-state index in [0.29, 0.717) is 11.6 Å². The number of aromatic nitrogens is 3. The zero-order chi connectivity index (χ0) is 26.3. The molecule has 11 nitrogen and oxygen atoms in total. The highest BCUT2D eigenvalue weighted by Gasteiger charge is 2.23. The first kappa shape index (κ1) is 26.0. The first-order valence-electron chi connectivity index (χ1n) is 10.9. The fourth-order valence-corrected chi connectivity index (χ4v) is 5.13. The summed E-state index contributed by atoms with van der Waals surface area (Å²) >= 11 is 1.33. The quantitative estimate of drug-likeness (QED) is 0.272. The Labute approximate surface area is 217 Å². The molecule has 0 aliphatic heterocycles. The molecule has 3 heterocycles. The number of carbonyl (C=O) groups excluding carboxylic acids is 1. The lowest BCUT2D eigenvalue weighted by molar-refractivity contribution is 0.102. The van der Waals surface area contributed by atoms with Crippen LogP contribution in [0.2, 0.25) is 0 Å². The number of benzene rings is 1. The molecule has 4 aromatic rings. The molecule has 2 N–H and O–H groups in total. The minimum Gasteiger partial charge on any atom is -0.480 e. The standard InChI is InChI=1S/C24H23N5O6S2/c1-33-10-11-35-21-13-17(8-9-25-21)29-37(31,32)20-12-18(14-26-23(20)34-2)27-22(30)19-15-36-24(28-19)16-6-4-3-5-7-16/h3-9,12-15H,10-11H2,1-2H3,(H,25,29)(H,27,30). The van der Waals surface area contributed by atoms with Crippen LogP contribution in [0.15, 0.2) is 71.2 Å². The van der Waals surface area contributed by atoms with Crippen LogP contribution in [-0.2, 0) is 14.8 Å². The number of carbonyl (C=O) groups is 1. The van der Waals surface area contributed by atoms with E-state index in [1.165, 1.54) is 56.1 Å². The number of thiazole rings is 1. The van der Waals surface area contributed by atoms with Crippen molar-refractivity contribution in [2.45, 2.75) is 4.90 Å². The zero-order valence-corrected chi connectivity index (χ0v) is 21.5. The Bertz CT molecular complexity index is 1480. The lowest BCUT2D eigenvalue weighted by Gasteiger charge is -2.13. The molecule has 0 aliphatic carbocycles. The van der Waals surface area contributed by atoms with Gasteiger partial charge in [0, 0.05) is 30.3 Å². The van der Waals surface area contributed by atoms with Crippen molar-refractivity contribution in [1.82, 2.24) is 15.0 Å². The van der Waals surface area contributed by atoms with E-state index in [4.69, 9.17) is 14.2 Å². The third-order valence-electron chi connectivity index (χ3n) is 4.84. The number of methoxy groups -OCH3 is 2. The molecule has 0 fully saturated rings. The maximum Gasteiger partial charge on any atom is 0.275 e. The highest BCUT2D eigenvalue weighted by Crippen LogP contribution is 2.28. The molecule has 37 heavy (non-hydrogen) atoms. The Morgan fingerprint density at radius 3 is 2.59 bits per heavy atom. The summed E-state index contributed by atoms with van der Waals surface area (Å²) in [6.07, 6.45) is 2.71. The topological polar surface area (TPSA) is 142 Å². The largest absolute Gasteiger partial charge is 0.480 e. The normalized spacial score (nSPS) is 11.1. The van der Waals surface area contributed by atoms with Crippen molar-refractivity contribution in [1.29, 1.82) is 0 Å². The molecule has 3 aromatic heterocycles. The maximum absolute atomic E-state index is 13.2. The summed E-state index contributed by atoms with van der Waals surface area (Å²) in [4.78, 5) is 25.0. The summed E-state index contributed by atoms with van der Waals surface area (Å²) in [5.74, 6) is -0.425. The second-order valence-corrected chi connectivity index (χ2v) is 9.93. The van der Waals surface area contributed by atoms with Gasteiger partial charge < -0.3 is 19.5 Å². The van der Waals surface area contributed by atoms with E-state index in [1.807, 2.05) is 30.3 Å². The number of amides is 1. The monoisotopic (exact) mass is 541 g/mol. The molecule has 0 saturated heterocycles. The number of nitrogens with zero attached hydrogens (tertiary/aromatic N) is 3. The number of pyridine rings is 2. The van der Waals surface area contributed by atoms with Crippen molar-refractivity contribution in [3.05, 3.63) is 72.0 Å². The van der Waals surface area contributed by atoms with Gasteiger partial charge in [-0.05, 0) is 12.1 Å². The van der Waals surface area contributed by atoms with Crippen LogP contribution in [-0.4, -0.2) is 56.7 Å². The number of nitrogens with one attached hydrogen (secondary N) is 2. The van der Waals surface area contributed by atoms with Gasteiger partial charge in [0.25, 0.3) is 15.9 Å². The highest BCUT2D eigenvalue weighted by atomic mass is 32.2. The van der Waals surface area contributed by atoms with E-state index >= 15 is 0 Å². The van der Waals surface area contributed by atoms with Crippen LogP contribution in [0.3, 0.4) is 0 Å². The molecule has 192 valence electrons. The van der Waals surface area contributed by atoms with E-state index in [9.17, 15) is 13.2 Å². The second-order valence-electron chi connectivity index (χ2n) is 7.42. The molecule has 0 unspecified atom stereocenters. The molecule has 1 aromatic carbocycles. The summed E-state index contributed by atoms with van der Waals surface area (Å²) in [6, 6.07) is 13.6. The molecule has 1 amide bonds. The minimum absolute atomic E-state index is 0.142. The van der Waals surface area contributed by atoms with Gasteiger partial charge in [-0.1, -0.05) is 30.3 Å². The van der Waals surface area contributed by atoms with Gasteiger partial charge >= 0.3 is 0 Å². The molecule has 0 bridgehead atoms. The van der Waals surface area contributed by atoms with Crippen molar-refractivity contribution < 1.29 is 27.4 Å². The van der Waals surface area contributed by atoms with E-state index < -0.39 is 15.9 Å². The van der Waals surface area contributed by atoms with Crippen LogP contribution in [0.1, 0.15) is 10.5 Å². The molecular weight excluding hydrogens is 518 g/mol. The predicted molar refractivity (Wildman–Crippen MR) is 139 cm³/mol. The Balaban J connectivity index is 1.52. The Hall–Kier alpha value is -4.07. The highest BCUT2D eigenvalue weighted by molar-refractivity contribution is 7.92. The number of sulfonamides is 1. The van der Waals surface area contributed by atoms with Crippen LogP contribution in [0, 0.1) is 0 Å². The Morgan fingerprint density at radius 1 is 1.03 bits per heavy atom. The van der Waals surface area contributed by atoms with E-state index in [2.05, 4.69) is 25.0 Å². The lowest BCUT2D eigenvalue weighted by Crippen LogP contribution is -2.17. The van der Waals surface area contributed by atoms with Gasteiger partial charge in [-0.3, -0.25) is 9.52 Å². The van der Waals surface area contributed by atoms with Crippen molar-refractivity contribution in [3.8, 4) is 22.3 Å². The fourth-order valence-electron chi connectivity index (χ4n) is 3.12. The average Bonchev–Trinajstić information content (AvgIpc) is 3.40. The van der Waals surface area contributed by atoms with Gasteiger partial charge in [0.2, 0.25) is 11.8 Å². The van der Waals surface area contributed by atoms with Crippen molar-refractivity contribution in [3.63, 3.8) is 0 Å². The summed E-state index contributed by atoms with van der Waals surface area (Å²) in [5, 5.41) is 4.96. The molecule has 13 heteroatoms. The fraction of sp³-hybridized carbons (Fsp3) is 0.167. The number of rotatable bonds is 11. The molecule has 0 aliphatic rings. The first-order chi connectivity index (χ1) is 17.9. The third kappa shape index (κ3) is 6.58. The van der Waals surface area contributed by atoms with Crippen LogP contribution >= 0.6 is 11.3 Å². The van der Waals surface area contributed by atoms with Gasteiger partial charge in [-0.25, -0.2) is 23.4 Å². The summed E-state index contributed by atoms with van der Waals surface area (Å²) < 4.78 is 44.3. The molecule has 0 radical (unpaired) electrons. The average molecular weight is 542 g/mol. The molecular formula is C24H23N5O6S2. The first-order valence-corrected chi connectivity index (χ1v) is 13.2. The number of hydrogen-bond donors (Lipinski definition) is 2. The smallest absolute Gasteiger partial charge is 0.275 e. The van der Waals surface area contributed by atoms with Gasteiger partial charge in [-0.15, -0.1) is 11.3 Å². The maximum atomic E-state index is 13.2. The molecule has 0 saturated carbocycles.